The first kappa shape index (κ1) is 15.4. The van der Waals surface area contributed by atoms with Crippen LogP contribution in [0, 0.1) is 5.92 Å². The maximum atomic E-state index is 12.1. The van der Waals surface area contributed by atoms with Crippen LogP contribution >= 0.6 is 0 Å². The lowest BCUT2D eigenvalue weighted by Gasteiger charge is -2.09. The third-order valence-electron chi connectivity index (χ3n) is 3.97. The molecule has 1 saturated carbocycles. The Morgan fingerprint density at radius 1 is 1.35 bits per heavy atom. The quantitative estimate of drug-likeness (QED) is 0.802. The van der Waals surface area contributed by atoms with Crippen molar-refractivity contribution in [1.82, 2.24) is 0 Å². The van der Waals surface area contributed by atoms with Crippen molar-refractivity contribution >= 4 is 17.7 Å². The summed E-state index contributed by atoms with van der Waals surface area (Å²) in [5.41, 5.74) is 0.663. The Kier molecular flexibility index (Phi) is 4.51. The second-order valence-electron chi connectivity index (χ2n) is 5.81. The molecule has 0 bridgehead atoms. The summed E-state index contributed by atoms with van der Waals surface area (Å²) in [6, 6.07) is 11.3. The van der Waals surface area contributed by atoms with Gasteiger partial charge in [0.05, 0.1) is 12.3 Å². The first-order valence-corrected chi connectivity index (χ1v) is 7.98. The molecule has 2 unspecified atom stereocenters. The summed E-state index contributed by atoms with van der Waals surface area (Å²) >= 11 is 0. The predicted octanol–water partition coefficient (Wildman–Crippen LogP) is 4.45. The summed E-state index contributed by atoms with van der Waals surface area (Å²) in [5, 5.41) is 2.82. The van der Waals surface area contributed by atoms with Gasteiger partial charge in [-0.3, -0.25) is 4.79 Å². The van der Waals surface area contributed by atoms with Crippen LogP contribution < -0.4 is 10.1 Å². The van der Waals surface area contributed by atoms with E-state index in [1.54, 1.807) is 6.08 Å². The van der Waals surface area contributed by atoms with E-state index in [4.69, 9.17) is 9.15 Å². The molecule has 1 aliphatic carbocycles. The summed E-state index contributed by atoms with van der Waals surface area (Å²) in [6.07, 6.45) is 4.35. The van der Waals surface area contributed by atoms with Gasteiger partial charge in [-0.25, -0.2) is 0 Å². The monoisotopic (exact) mass is 311 g/mol. The van der Waals surface area contributed by atoms with Gasteiger partial charge in [0.25, 0.3) is 0 Å². The van der Waals surface area contributed by atoms with Gasteiger partial charge in [-0.15, -0.1) is 0 Å². The number of hydrogen-bond acceptors (Lipinski definition) is 3. The van der Waals surface area contributed by atoms with Crippen molar-refractivity contribution in [1.29, 1.82) is 0 Å². The molecule has 2 atom stereocenters. The molecule has 4 nitrogen and oxygen atoms in total. The molecule has 1 amide bonds. The molecule has 1 fully saturated rings. The Morgan fingerprint density at radius 3 is 2.87 bits per heavy atom. The van der Waals surface area contributed by atoms with Crippen molar-refractivity contribution in [2.75, 3.05) is 11.9 Å². The first-order valence-electron chi connectivity index (χ1n) is 7.98. The molecule has 3 rings (SSSR count). The molecule has 1 aliphatic rings. The highest BCUT2D eigenvalue weighted by molar-refractivity contribution is 6.02. The Balaban J connectivity index is 1.62. The third-order valence-corrected chi connectivity index (χ3v) is 3.97. The highest BCUT2D eigenvalue weighted by atomic mass is 16.5. The Morgan fingerprint density at radius 2 is 2.13 bits per heavy atom. The summed E-state index contributed by atoms with van der Waals surface area (Å²) in [7, 11) is 0. The summed E-state index contributed by atoms with van der Waals surface area (Å²) in [4.78, 5) is 12.1. The number of nitrogens with one attached hydrogen (secondary N) is 1. The largest absolute Gasteiger partial charge is 0.492 e. The zero-order chi connectivity index (χ0) is 16.2. The van der Waals surface area contributed by atoms with Gasteiger partial charge in [-0.05, 0) is 49.6 Å². The van der Waals surface area contributed by atoms with E-state index >= 15 is 0 Å². The van der Waals surface area contributed by atoms with Crippen molar-refractivity contribution in [3.05, 3.63) is 54.0 Å². The molecule has 1 heterocycles. The highest BCUT2D eigenvalue weighted by Gasteiger charge is 2.36. The zero-order valence-electron chi connectivity index (χ0n) is 13.4. The van der Waals surface area contributed by atoms with E-state index in [1.165, 1.54) is 12.5 Å². The molecule has 2 aromatic rings. The van der Waals surface area contributed by atoms with Crippen LogP contribution in [0.4, 0.5) is 5.69 Å². The first-order chi connectivity index (χ1) is 11.2. The topological polar surface area (TPSA) is 51.5 Å². The van der Waals surface area contributed by atoms with Crippen LogP contribution in [0.5, 0.6) is 5.75 Å². The van der Waals surface area contributed by atoms with Crippen LogP contribution in [0.1, 0.15) is 37.7 Å². The Hall–Kier alpha value is -2.49. The van der Waals surface area contributed by atoms with Crippen molar-refractivity contribution in [3.8, 4) is 5.75 Å². The normalized spacial score (nSPS) is 19.7. The molecule has 0 aliphatic heterocycles. The Bertz CT molecular complexity index is 717. The average molecular weight is 311 g/mol. The number of carbonyl (C=O) groups excluding carboxylic acids is 1. The van der Waals surface area contributed by atoms with Gasteiger partial charge < -0.3 is 14.5 Å². The highest BCUT2D eigenvalue weighted by Crippen LogP contribution is 2.47. The van der Waals surface area contributed by atoms with Crippen LogP contribution in [0.25, 0.3) is 6.08 Å². The van der Waals surface area contributed by atoms with Crippen LogP contribution in [-0.2, 0) is 4.79 Å². The molecule has 1 N–H and O–H groups in total. The number of para-hydroxylation sites is 2. The zero-order valence-corrected chi connectivity index (χ0v) is 13.4. The smallest absolute Gasteiger partial charge is 0.248 e. The van der Waals surface area contributed by atoms with Crippen molar-refractivity contribution < 1.29 is 13.9 Å². The van der Waals surface area contributed by atoms with E-state index < -0.39 is 0 Å². The second kappa shape index (κ2) is 6.73. The van der Waals surface area contributed by atoms with Gasteiger partial charge in [0.15, 0.2) is 0 Å². The van der Waals surface area contributed by atoms with Gasteiger partial charge in [0.2, 0.25) is 5.91 Å². The van der Waals surface area contributed by atoms with E-state index in [2.05, 4.69) is 12.2 Å². The van der Waals surface area contributed by atoms with Crippen LogP contribution in [0.3, 0.4) is 0 Å². The average Bonchev–Trinajstić information content (AvgIpc) is 3.09. The molecular formula is C19H21NO3. The molecule has 0 spiro atoms. The van der Waals surface area contributed by atoms with E-state index in [-0.39, 0.29) is 5.91 Å². The fraction of sp³-hybridized carbons (Fsp3) is 0.316. The number of anilines is 1. The van der Waals surface area contributed by atoms with Crippen molar-refractivity contribution in [2.45, 2.75) is 26.2 Å². The van der Waals surface area contributed by atoms with Crippen LogP contribution in [-0.4, -0.2) is 12.5 Å². The lowest BCUT2D eigenvalue weighted by Crippen LogP contribution is -2.09. The summed E-state index contributed by atoms with van der Waals surface area (Å²) in [5.74, 6) is 3.42. The van der Waals surface area contributed by atoms with E-state index in [9.17, 15) is 4.79 Å². The van der Waals surface area contributed by atoms with Gasteiger partial charge in [0.1, 0.15) is 17.3 Å². The Labute approximate surface area is 136 Å². The lowest BCUT2D eigenvalue weighted by atomic mass is 10.2. The number of amides is 1. The molecular weight excluding hydrogens is 290 g/mol. The molecule has 120 valence electrons. The third kappa shape index (κ3) is 3.83. The molecule has 0 saturated heterocycles. The standard InChI is InChI=1S/C19H21NO3/c1-3-22-18-7-5-4-6-16(18)20-19(21)11-9-14-8-10-17(23-14)15-12-13(15)2/h4-11,13,15H,3,12H2,1-2H3,(H,20,21)/b11-9+. The van der Waals surface area contributed by atoms with Gasteiger partial charge in [-0.2, -0.15) is 0 Å². The molecule has 1 aromatic carbocycles. The van der Waals surface area contributed by atoms with Gasteiger partial charge in [-0.1, -0.05) is 19.1 Å². The maximum absolute atomic E-state index is 12.1. The number of carbonyl (C=O) groups is 1. The SMILES string of the molecule is CCOc1ccccc1NC(=O)/C=C/c1ccc(C2CC2C)o1. The molecule has 4 heteroatoms. The second-order valence-corrected chi connectivity index (χ2v) is 5.81. The summed E-state index contributed by atoms with van der Waals surface area (Å²) in [6.45, 7) is 4.68. The van der Waals surface area contributed by atoms with Crippen LogP contribution in [0.2, 0.25) is 0 Å². The summed E-state index contributed by atoms with van der Waals surface area (Å²) < 4.78 is 11.2. The number of rotatable bonds is 6. The lowest BCUT2D eigenvalue weighted by molar-refractivity contribution is -0.111. The number of hydrogen-bond donors (Lipinski definition) is 1. The van der Waals surface area contributed by atoms with E-state index in [0.29, 0.717) is 35.6 Å². The van der Waals surface area contributed by atoms with Gasteiger partial charge >= 0.3 is 0 Å². The fourth-order valence-corrected chi connectivity index (χ4v) is 2.56. The number of ether oxygens (including phenoxy) is 1. The molecule has 0 radical (unpaired) electrons. The van der Waals surface area contributed by atoms with Gasteiger partial charge in [0, 0.05) is 12.0 Å². The number of furan rings is 1. The van der Waals surface area contributed by atoms with E-state index in [0.717, 1.165) is 5.76 Å². The minimum atomic E-state index is -0.213. The maximum Gasteiger partial charge on any atom is 0.248 e. The minimum absolute atomic E-state index is 0.213. The van der Waals surface area contributed by atoms with E-state index in [1.807, 2.05) is 43.3 Å². The predicted molar refractivity (Wildman–Crippen MR) is 90.5 cm³/mol. The fourth-order valence-electron chi connectivity index (χ4n) is 2.56. The molecule has 1 aromatic heterocycles. The minimum Gasteiger partial charge on any atom is -0.492 e. The van der Waals surface area contributed by atoms with Crippen molar-refractivity contribution in [3.63, 3.8) is 0 Å². The van der Waals surface area contributed by atoms with Crippen LogP contribution in [0.15, 0.2) is 46.9 Å². The number of benzene rings is 1. The molecule has 23 heavy (non-hydrogen) atoms. The van der Waals surface area contributed by atoms with Crippen molar-refractivity contribution in [2.24, 2.45) is 5.92 Å².